The second-order valence-corrected chi connectivity index (χ2v) is 8.82. The standard InChI is InChI=1S/C25H29N3O3/c1-16-9-10-19-21(26-16)11-12-22-24(19)27-23(28(22)18-8-5-13-31-15-18)14-20(25(29)30)17-6-3-2-4-7-17/h2-4,6-7,11-12,16,18,20,26H,5,8-10,13-15H2,1H3,(H,29,30)/t16-,18+,20?/m0/s1. The highest BCUT2D eigenvalue weighted by molar-refractivity contribution is 5.86. The summed E-state index contributed by atoms with van der Waals surface area (Å²) in [6.07, 6.45) is 4.45. The number of hydrogen-bond donors (Lipinski definition) is 2. The molecule has 31 heavy (non-hydrogen) atoms. The summed E-state index contributed by atoms with van der Waals surface area (Å²) in [6, 6.07) is 14.4. The topological polar surface area (TPSA) is 76.4 Å². The number of carboxylic acids is 1. The molecule has 1 aromatic heterocycles. The Kier molecular flexibility index (Phi) is 5.40. The van der Waals surface area contributed by atoms with Crippen molar-refractivity contribution in [2.75, 3.05) is 18.5 Å². The van der Waals surface area contributed by atoms with Crippen LogP contribution in [-0.2, 0) is 22.4 Å². The Balaban J connectivity index is 1.62. The first kappa shape index (κ1) is 20.1. The first-order chi connectivity index (χ1) is 15.1. The van der Waals surface area contributed by atoms with Crippen LogP contribution in [0.4, 0.5) is 5.69 Å². The van der Waals surface area contributed by atoms with E-state index in [4.69, 9.17) is 9.72 Å². The van der Waals surface area contributed by atoms with E-state index >= 15 is 0 Å². The van der Waals surface area contributed by atoms with E-state index in [0.29, 0.717) is 19.1 Å². The molecule has 1 saturated heterocycles. The molecule has 0 amide bonds. The Bertz CT molecular complexity index is 1090. The number of aliphatic carboxylic acids is 1. The van der Waals surface area contributed by atoms with Gasteiger partial charge in [0.25, 0.3) is 0 Å². The molecule has 6 heteroatoms. The van der Waals surface area contributed by atoms with Crippen molar-refractivity contribution in [1.82, 2.24) is 9.55 Å². The maximum absolute atomic E-state index is 12.2. The fourth-order valence-corrected chi connectivity index (χ4v) is 5.05. The summed E-state index contributed by atoms with van der Waals surface area (Å²) in [5.74, 6) is -0.605. The van der Waals surface area contributed by atoms with Crippen molar-refractivity contribution < 1.29 is 14.6 Å². The Morgan fingerprint density at radius 1 is 1.26 bits per heavy atom. The summed E-state index contributed by atoms with van der Waals surface area (Å²) in [5, 5.41) is 13.6. The maximum atomic E-state index is 12.2. The highest BCUT2D eigenvalue weighted by Gasteiger charge is 2.29. The zero-order valence-electron chi connectivity index (χ0n) is 17.9. The molecular formula is C25H29N3O3. The minimum atomic E-state index is -0.817. The number of fused-ring (bicyclic) bond motifs is 3. The summed E-state index contributed by atoms with van der Waals surface area (Å²) < 4.78 is 8.07. The third-order valence-electron chi connectivity index (χ3n) is 6.66. The van der Waals surface area contributed by atoms with Crippen molar-refractivity contribution in [2.24, 2.45) is 0 Å². The van der Waals surface area contributed by atoms with Gasteiger partial charge in [-0.1, -0.05) is 30.3 Å². The van der Waals surface area contributed by atoms with Crippen LogP contribution in [0.25, 0.3) is 11.0 Å². The minimum Gasteiger partial charge on any atom is -0.481 e. The van der Waals surface area contributed by atoms with E-state index in [2.05, 4.69) is 28.9 Å². The number of anilines is 1. The number of aryl methyl sites for hydroxylation is 1. The summed E-state index contributed by atoms with van der Waals surface area (Å²) in [4.78, 5) is 17.3. The van der Waals surface area contributed by atoms with Crippen LogP contribution in [0.5, 0.6) is 0 Å². The monoisotopic (exact) mass is 419 g/mol. The van der Waals surface area contributed by atoms with Gasteiger partial charge in [-0.15, -0.1) is 0 Å². The summed E-state index contributed by atoms with van der Waals surface area (Å²) in [6.45, 7) is 3.64. The van der Waals surface area contributed by atoms with Crippen molar-refractivity contribution in [3.63, 3.8) is 0 Å². The van der Waals surface area contributed by atoms with Crippen molar-refractivity contribution in [2.45, 2.75) is 57.0 Å². The van der Waals surface area contributed by atoms with Crippen LogP contribution in [0.1, 0.15) is 55.1 Å². The molecule has 0 spiro atoms. The highest BCUT2D eigenvalue weighted by Crippen LogP contribution is 2.36. The average molecular weight is 420 g/mol. The van der Waals surface area contributed by atoms with Gasteiger partial charge >= 0.3 is 5.97 Å². The van der Waals surface area contributed by atoms with Gasteiger partial charge in [-0.05, 0) is 50.3 Å². The molecule has 162 valence electrons. The molecule has 1 fully saturated rings. The lowest BCUT2D eigenvalue weighted by Crippen LogP contribution is -2.25. The van der Waals surface area contributed by atoms with Crippen molar-refractivity contribution >= 4 is 22.7 Å². The smallest absolute Gasteiger partial charge is 0.311 e. The number of carboxylic acid groups (broad SMARTS) is 1. The molecule has 5 rings (SSSR count). The van der Waals surface area contributed by atoms with E-state index in [-0.39, 0.29) is 6.04 Å². The number of hydrogen-bond acceptors (Lipinski definition) is 4. The number of aromatic nitrogens is 2. The number of rotatable bonds is 5. The zero-order valence-corrected chi connectivity index (χ0v) is 17.9. The van der Waals surface area contributed by atoms with Gasteiger partial charge in [0.2, 0.25) is 0 Å². The second kappa shape index (κ2) is 8.35. The van der Waals surface area contributed by atoms with Crippen LogP contribution < -0.4 is 5.32 Å². The first-order valence-electron chi connectivity index (χ1n) is 11.3. The molecule has 3 aromatic rings. The van der Waals surface area contributed by atoms with Crippen molar-refractivity contribution in [3.8, 4) is 0 Å². The van der Waals surface area contributed by atoms with Crippen molar-refractivity contribution in [1.29, 1.82) is 0 Å². The number of carbonyl (C=O) groups is 1. The van der Waals surface area contributed by atoms with Crippen LogP contribution in [-0.4, -0.2) is 39.9 Å². The summed E-state index contributed by atoms with van der Waals surface area (Å²) in [5.41, 5.74) is 5.32. The van der Waals surface area contributed by atoms with E-state index in [1.54, 1.807) is 0 Å². The number of nitrogens with zero attached hydrogens (tertiary/aromatic N) is 2. The van der Waals surface area contributed by atoms with Crippen molar-refractivity contribution in [3.05, 3.63) is 59.4 Å². The molecular weight excluding hydrogens is 390 g/mol. The van der Waals surface area contributed by atoms with Crippen LogP contribution in [0, 0.1) is 0 Å². The second-order valence-electron chi connectivity index (χ2n) is 8.82. The lowest BCUT2D eigenvalue weighted by molar-refractivity contribution is -0.138. The van der Waals surface area contributed by atoms with Crippen LogP contribution in [0.2, 0.25) is 0 Å². The SMILES string of the molecule is C[C@H]1CCc2c(ccc3c2nc(CC(C(=O)O)c2ccccc2)n3[C@@H]2CCCOC2)N1. The third kappa shape index (κ3) is 3.81. The molecule has 0 radical (unpaired) electrons. The molecule has 1 unspecified atom stereocenters. The fraction of sp³-hybridized carbons (Fsp3) is 0.440. The molecule has 3 atom stereocenters. The predicted molar refractivity (Wildman–Crippen MR) is 121 cm³/mol. The van der Waals surface area contributed by atoms with E-state index in [1.807, 2.05) is 30.3 Å². The third-order valence-corrected chi connectivity index (χ3v) is 6.66. The van der Waals surface area contributed by atoms with Gasteiger partial charge in [0.15, 0.2) is 0 Å². The van der Waals surface area contributed by atoms with Gasteiger partial charge < -0.3 is 19.7 Å². The molecule has 0 bridgehead atoms. The molecule has 2 aliphatic heterocycles. The summed E-state index contributed by atoms with van der Waals surface area (Å²) >= 11 is 0. The van der Waals surface area contributed by atoms with Gasteiger partial charge in [-0.25, -0.2) is 4.98 Å². The Morgan fingerprint density at radius 2 is 2.10 bits per heavy atom. The maximum Gasteiger partial charge on any atom is 0.311 e. The number of nitrogens with one attached hydrogen (secondary N) is 1. The van der Waals surface area contributed by atoms with E-state index < -0.39 is 11.9 Å². The van der Waals surface area contributed by atoms with Gasteiger partial charge in [0, 0.05) is 30.3 Å². The molecule has 2 aliphatic rings. The number of imidazole rings is 1. The van der Waals surface area contributed by atoms with Crippen LogP contribution in [0.3, 0.4) is 0 Å². The molecule has 6 nitrogen and oxygen atoms in total. The van der Waals surface area contributed by atoms with Gasteiger partial charge in [0.1, 0.15) is 5.82 Å². The largest absolute Gasteiger partial charge is 0.481 e. The van der Waals surface area contributed by atoms with Gasteiger partial charge in [-0.2, -0.15) is 0 Å². The van der Waals surface area contributed by atoms with Crippen LogP contribution in [0.15, 0.2) is 42.5 Å². The molecule has 0 aliphatic carbocycles. The minimum absolute atomic E-state index is 0.187. The lowest BCUT2D eigenvalue weighted by atomic mass is 9.95. The Hall–Kier alpha value is -2.86. The Labute approximate surface area is 182 Å². The lowest BCUT2D eigenvalue weighted by Gasteiger charge is -2.27. The van der Waals surface area contributed by atoms with E-state index in [0.717, 1.165) is 60.4 Å². The van der Waals surface area contributed by atoms with Gasteiger partial charge in [0.05, 0.1) is 29.6 Å². The van der Waals surface area contributed by atoms with Crippen LogP contribution >= 0.6 is 0 Å². The average Bonchev–Trinajstić information content (AvgIpc) is 3.16. The normalized spacial score (nSPS) is 22.0. The van der Waals surface area contributed by atoms with E-state index in [9.17, 15) is 9.90 Å². The summed E-state index contributed by atoms with van der Waals surface area (Å²) in [7, 11) is 0. The number of benzene rings is 2. The van der Waals surface area contributed by atoms with Gasteiger partial charge in [-0.3, -0.25) is 4.79 Å². The molecule has 3 heterocycles. The molecule has 0 saturated carbocycles. The molecule has 2 aromatic carbocycles. The highest BCUT2D eigenvalue weighted by atomic mass is 16.5. The zero-order chi connectivity index (χ0) is 21.4. The molecule has 2 N–H and O–H groups in total. The first-order valence-corrected chi connectivity index (χ1v) is 11.3. The predicted octanol–water partition coefficient (Wildman–Crippen LogP) is 4.55. The quantitative estimate of drug-likeness (QED) is 0.635. The Morgan fingerprint density at radius 3 is 2.84 bits per heavy atom. The number of ether oxygens (including phenoxy) is 1. The van der Waals surface area contributed by atoms with E-state index in [1.165, 1.54) is 5.56 Å². The fourth-order valence-electron chi connectivity index (χ4n) is 5.05.